The summed E-state index contributed by atoms with van der Waals surface area (Å²) in [7, 11) is 3.26. The van der Waals surface area contributed by atoms with Crippen molar-refractivity contribution in [1.82, 2.24) is 24.1 Å². The maximum Gasteiger partial charge on any atom is 0.354 e. The summed E-state index contributed by atoms with van der Waals surface area (Å²) < 4.78 is 44.2. The van der Waals surface area contributed by atoms with E-state index in [1.807, 2.05) is 59.2 Å². The number of benzene rings is 3. The van der Waals surface area contributed by atoms with Crippen molar-refractivity contribution in [3.63, 3.8) is 0 Å². The fourth-order valence-electron chi connectivity index (χ4n) is 8.37. The molecule has 0 saturated carbocycles. The second-order valence-corrected chi connectivity index (χ2v) is 23.0. The molecule has 1 aliphatic rings. The lowest BCUT2D eigenvalue weighted by atomic mass is 9.98. The Kier molecular flexibility index (Phi) is 13.2. The summed E-state index contributed by atoms with van der Waals surface area (Å²) in [5.41, 5.74) is 8.10. The number of phenols is 1. The Morgan fingerprint density at radius 1 is 1.00 bits per heavy atom. The predicted molar refractivity (Wildman–Crippen MR) is 240 cm³/mol. The maximum atomic E-state index is 13.9. The van der Waals surface area contributed by atoms with Crippen LogP contribution in [0.4, 0.5) is 4.39 Å². The van der Waals surface area contributed by atoms with Crippen LogP contribution in [0.2, 0.25) is 23.2 Å². The third-order valence-electron chi connectivity index (χ3n) is 12.7. The Balaban J connectivity index is 1.17. The number of hydrogen-bond acceptors (Lipinski definition) is 8. The van der Waals surface area contributed by atoms with Crippen LogP contribution in [0.1, 0.15) is 97.1 Å². The number of esters is 1. The molecule has 1 saturated heterocycles. The van der Waals surface area contributed by atoms with Gasteiger partial charge in [-0.2, -0.15) is 10.2 Å². The van der Waals surface area contributed by atoms with Gasteiger partial charge in [0, 0.05) is 60.6 Å². The largest absolute Gasteiger partial charge is 0.507 e. The summed E-state index contributed by atoms with van der Waals surface area (Å²) in [6.45, 7) is 14.9. The highest BCUT2D eigenvalue weighted by molar-refractivity contribution is 6.74. The van der Waals surface area contributed by atoms with Crippen LogP contribution in [0, 0.1) is 12.7 Å². The van der Waals surface area contributed by atoms with E-state index in [1.165, 1.54) is 19.2 Å². The highest BCUT2D eigenvalue weighted by Crippen LogP contribution is 2.44. The van der Waals surface area contributed by atoms with Gasteiger partial charge in [-0.1, -0.05) is 44.5 Å². The molecule has 3 aromatic heterocycles. The molecular formula is C47H59ClFN5O6Si. The molecule has 11 nitrogen and oxygen atoms in total. The summed E-state index contributed by atoms with van der Waals surface area (Å²) in [5.74, 6) is -0.615. The summed E-state index contributed by atoms with van der Waals surface area (Å²) in [6, 6.07) is 14.0. The van der Waals surface area contributed by atoms with Gasteiger partial charge in [0.2, 0.25) is 0 Å². The molecule has 61 heavy (non-hydrogen) atoms. The SMILES string of the molecule is COC(=O)c1c(CCCO[Si](C)(C)C(C)(C)C)c2ccc(Cl)c(-c3c(COCc4cc(CCc5cc(O)c6ccc(F)cc6c5)n(C)n4)nn(C4CCCCO4)c3C)c2n1C. The molecule has 4 heterocycles. The fraction of sp³-hybridized carbons (Fsp3) is 0.468. The van der Waals surface area contributed by atoms with Crippen LogP contribution in [-0.4, -0.2) is 63.8 Å². The zero-order valence-electron chi connectivity index (χ0n) is 37.0. The Bertz CT molecular complexity index is 2570. The van der Waals surface area contributed by atoms with Crippen molar-refractivity contribution in [1.29, 1.82) is 0 Å². The molecule has 7 rings (SSSR count). The highest BCUT2D eigenvalue weighted by atomic mass is 35.5. The van der Waals surface area contributed by atoms with Crippen molar-refractivity contribution in [3.05, 3.63) is 99.0 Å². The van der Waals surface area contributed by atoms with Gasteiger partial charge in [0.05, 0.1) is 42.3 Å². The van der Waals surface area contributed by atoms with Gasteiger partial charge in [0.15, 0.2) is 8.32 Å². The number of hydrogen-bond donors (Lipinski definition) is 1. The number of rotatable bonds is 15. The van der Waals surface area contributed by atoms with E-state index in [9.17, 15) is 14.3 Å². The van der Waals surface area contributed by atoms with Crippen molar-refractivity contribution in [2.24, 2.45) is 14.1 Å². The van der Waals surface area contributed by atoms with E-state index in [4.69, 9.17) is 40.4 Å². The summed E-state index contributed by atoms with van der Waals surface area (Å²) in [6.07, 6.45) is 5.32. The van der Waals surface area contributed by atoms with E-state index >= 15 is 0 Å². The number of carbonyl (C=O) groups is 1. The van der Waals surface area contributed by atoms with E-state index in [2.05, 4.69) is 33.9 Å². The first-order valence-corrected chi connectivity index (χ1v) is 24.5. The minimum atomic E-state index is -1.95. The zero-order valence-corrected chi connectivity index (χ0v) is 38.7. The van der Waals surface area contributed by atoms with Crippen LogP contribution in [0.25, 0.3) is 32.8 Å². The number of ether oxygens (including phenoxy) is 3. The molecule has 0 bridgehead atoms. The van der Waals surface area contributed by atoms with Crippen LogP contribution in [0.15, 0.2) is 48.5 Å². The zero-order chi connectivity index (χ0) is 43.8. The number of phenolic OH excluding ortho intramolecular Hbond substituents is 1. The topological polar surface area (TPSA) is 115 Å². The quantitative estimate of drug-likeness (QED) is 0.0616. The Hall–Kier alpha value is -4.53. The molecule has 0 amide bonds. The second kappa shape index (κ2) is 18.1. The van der Waals surface area contributed by atoms with Gasteiger partial charge < -0.3 is 28.3 Å². The van der Waals surface area contributed by atoms with Gasteiger partial charge in [0.25, 0.3) is 0 Å². The predicted octanol–water partition coefficient (Wildman–Crippen LogP) is 10.7. The molecule has 1 fully saturated rings. The van der Waals surface area contributed by atoms with Crippen LogP contribution in [0.5, 0.6) is 5.75 Å². The van der Waals surface area contributed by atoms with E-state index in [0.717, 1.165) is 75.9 Å². The number of nitrogens with zero attached hydrogens (tertiary/aromatic N) is 5. The summed E-state index contributed by atoms with van der Waals surface area (Å²) in [4.78, 5) is 13.5. The smallest absolute Gasteiger partial charge is 0.354 e. The molecule has 326 valence electrons. The van der Waals surface area contributed by atoms with E-state index < -0.39 is 14.3 Å². The average molecular weight is 873 g/mol. The first kappa shape index (κ1) is 44.5. The van der Waals surface area contributed by atoms with Crippen LogP contribution < -0.4 is 0 Å². The van der Waals surface area contributed by atoms with Crippen LogP contribution >= 0.6 is 11.6 Å². The number of fused-ring (bicyclic) bond motifs is 2. The lowest BCUT2D eigenvalue weighted by Gasteiger charge is -2.36. The summed E-state index contributed by atoms with van der Waals surface area (Å²) >= 11 is 7.21. The monoisotopic (exact) mass is 871 g/mol. The minimum absolute atomic E-state index is 0.0951. The number of methoxy groups -OCH3 is 1. The third kappa shape index (κ3) is 9.17. The van der Waals surface area contributed by atoms with Crippen molar-refractivity contribution in [3.8, 4) is 16.9 Å². The maximum absolute atomic E-state index is 13.9. The molecule has 1 atom stereocenters. The highest BCUT2D eigenvalue weighted by Gasteiger charge is 2.37. The summed E-state index contributed by atoms with van der Waals surface area (Å²) in [5, 5.41) is 23.3. The van der Waals surface area contributed by atoms with Crippen LogP contribution in [0.3, 0.4) is 0 Å². The van der Waals surface area contributed by atoms with Crippen molar-refractivity contribution in [2.45, 2.75) is 110 Å². The number of aromatic nitrogens is 5. The van der Waals surface area contributed by atoms with Gasteiger partial charge in [-0.25, -0.2) is 13.9 Å². The van der Waals surface area contributed by atoms with Crippen LogP contribution in [-0.2, 0) is 65.2 Å². The molecule has 0 spiro atoms. The van der Waals surface area contributed by atoms with E-state index in [-0.39, 0.29) is 36.0 Å². The molecule has 6 aromatic rings. The Morgan fingerprint density at radius 3 is 2.49 bits per heavy atom. The van der Waals surface area contributed by atoms with Gasteiger partial charge >= 0.3 is 5.97 Å². The van der Waals surface area contributed by atoms with Gasteiger partial charge in [0.1, 0.15) is 23.5 Å². The molecular weight excluding hydrogens is 813 g/mol. The molecule has 0 aliphatic carbocycles. The number of aryl methyl sites for hydroxylation is 5. The first-order valence-electron chi connectivity index (χ1n) is 21.2. The van der Waals surface area contributed by atoms with Gasteiger partial charge in [-0.05, 0) is 123 Å². The number of halogens is 2. The molecule has 1 aliphatic heterocycles. The third-order valence-corrected chi connectivity index (χ3v) is 17.5. The van der Waals surface area contributed by atoms with E-state index in [1.54, 1.807) is 12.1 Å². The molecule has 3 aromatic carbocycles. The second-order valence-electron chi connectivity index (χ2n) is 17.8. The van der Waals surface area contributed by atoms with Gasteiger partial charge in [-0.3, -0.25) is 4.68 Å². The molecule has 14 heteroatoms. The standard InChI is InChI=1S/C47H59ClFN5O6Si/c1-29-42(43-38(48)20-19-37-36(45(46(56)57-7)52(5)44(37)43)13-12-22-60-61(8,9)47(2,3)4)39(51-54(29)41-14-10-11-21-59-41)28-58-27-33-26-34(53(6)50-33)17-15-30-23-31-25-32(49)16-18-35(31)40(55)24-30/h16,18-20,23-26,41,55H,10-15,17,21-22,27-28H2,1-9H3. The molecule has 1 N–H and O–H groups in total. The van der Waals surface area contributed by atoms with Gasteiger partial charge in [-0.15, -0.1) is 0 Å². The lowest BCUT2D eigenvalue weighted by Crippen LogP contribution is -2.41. The van der Waals surface area contributed by atoms with Crippen molar-refractivity contribution in [2.75, 3.05) is 20.3 Å². The molecule has 0 radical (unpaired) electrons. The fourth-order valence-corrected chi connectivity index (χ4v) is 9.70. The number of aromatic hydroxyl groups is 1. The Labute approximate surface area is 363 Å². The normalized spacial score (nSPS) is 15.0. The van der Waals surface area contributed by atoms with E-state index in [0.29, 0.717) is 59.7 Å². The van der Waals surface area contributed by atoms with Crippen molar-refractivity contribution < 1.29 is 32.9 Å². The van der Waals surface area contributed by atoms with Crippen molar-refractivity contribution >= 4 is 47.6 Å². The number of carbonyl (C=O) groups excluding carboxylic acids is 1. The average Bonchev–Trinajstić information content (AvgIpc) is 3.84. The minimum Gasteiger partial charge on any atom is -0.507 e. The molecule has 1 unspecified atom stereocenters. The first-order chi connectivity index (χ1) is 29.0. The Morgan fingerprint density at radius 2 is 1.77 bits per heavy atom. The lowest BCUT2D eigenvalue weighted by molar-refractivity contribution is -0.0411.